The van der Waals surface area contributed by atoms with Gasteiger partial charge in [-0.3, -0.25) is 10.1 Å². The van der Waals surface area contributed by atoms with Crippen LogP contribution in [-0.2, 0) is 20.8 Å². The van der Waals surface area contributed by atoms with Gasteiger partial charge in [0.25, 0.3) is 0 Å². The second kappa shape index (κ2) is 7.66. The molecule has 0 bridgehead atoms. The number of rotatable bonds is 4. The number of amides is 1. The molecule has 0 saturated carbocycles. The van der Waals surface area contributed by atoms with Crippen molar-refractivity contribution in [2.24, 2.45) is 0 Å². The Labute approximate surface area is 143 Å². The van der Waals surface area contributed by atoms with Crippen molar-refractivity contribution in [3.8, 4) is 0 Å². The molecule has 1 aliphatic rings. The summed E-state index contributed by atoms with van der Waals surface area (Å²) in [5.74, 6) is -0.302. The molecule has 1 aromatic rings. The van der Waals surface area contributed by atoms with Gasteiger partial charge in [-0.1, -0.05) is 24.3 Å². The average Bonchev–Trinajstić information content (AvgIpc) is 2.51. The fourth-order valence-corrected chi connectivity index (χ4v) is 2.67. The summed E-state index contributed by atoms with van der Waals surface area (Å²) in [6, 6.07) is 7.78. The van der Waals surface area contributed by atoms with Crippen LogP contribution in [0, 0.1) is 0 Å². The first-order chi connectivity index (χ1) is 11.3. The zero-order valence-electron chi connectivity index (χ0n) is 14.8. The van der Waals surface area contributed by atoms with Gasteiger partial charge in [0.2, 0.25) is 0 Å². The first kappa shape index (κ1) is 18.3. The number of fused-ring (bicyclic) bond motifs is 1. The Morgan fingerprint density at radius 3 is 2.67 bits per heavy atom. The number of ether oxygens (including phenoxy) is 2. The number of benzene rings is 1. The highest BCUT2D eigenvalue weighted by molar-refractivity contribution is 5.72. The SMILES string of the molecule is CCOC(=O)CNC1CN(C(=O)OC(C)(C)C)Cc2ccccc21. The van der Waals surface area contributed by atoms with Crippen LogP contribution in [0.4, 0.5) is 4.79 Å². The molecule has 0 aliphatic carbocycles. The molecular formula is C18H26N2O4. The fraction of sp³-hybridized carbons (Fsp3) is 0.556. The number of carbonyl (C=O) groups excluding carboxylic acids is 2. The van der Waals surface area contributed by atoms with Crippen LogP contribution >= 0.6 is 0 Å². The summed E-state index contributed by atoms with van der Waals surface area (Å²) < 4.78 is 10.4. The van der Waals surface area contributed by atoms with Gasteiger partial charge in [-0.05, 0) is 38.8 Å². The van der Waals surface area contributed by atoms with Gasteiger partial charge >= 0.3 is 12.1 Å². The predicted molar refractivity (Wildman–Crippen MR) is 90.5 cm³/mol. The molecule has 6 nitrogen and oxygen atoms in total. The van der Waals surface area contributed by atoms with Crippen LogP contribution in [-0.4, -0.2) is 42.3 Å². The van der Waals surface area contributed by atoms with Crippen molar-refractivity contribution in [1.29, 1.82) is 0 Å². The van der Waals surface area contributed by atoms with Crippen molar-refractivity contribution >= 4 is 12.1 Å². The lowest BCUT2D eigenvalue weighted by Crippen LogP contribution is -2.45. The maximum atomic E-state index is 12.4. The predicted octanol–water partition coefficient (Wildman–Crippen LogP) is 2.63. The van der Waals surface area contributed by atoms with E-state index in [-0.39, 0.29) is 24.6 Å². The maximum absolute atomic E-state index is 12.4. The Morgan fingerprint density at radius 2 is 2.00 bits per heavy atom. The number of hydrogen-bond donors (Lipinski definition) is 1. The lowest BCUT2D eigenvalue weighted by atomic mass is 9.95. The minimum Gasteiger partial charge on any atom is -0.465 e. The van der Waals surface area contributed by atoms with Crippen LogP contribution in [0.5, 0.6) is 0 Å². The summed E-state index contributed by atoms with van der Waals surface area (Å²) in [7, 11) is 0. The molecule has 1 heterocycles. The van der Waals surface area contributed by atoms with E-state index in [1.807, 2.05) is 45.0 Å². The quantitative estimate of drug-likeness (QED) is 0.857. The lowest BCUT2D eigenvalue weighted by Gasteiger charge is -2.36. The third kappa shape index (κ3) is 4.96. The van der Waals surface area contributed by atoms with Crippen LogP contribution in [0.25, 0.3) is 0 Å². The highest BCUT2D eigenvalue weighted by Crippen LogP contribution is 2.27. The van der Waals surface area contributed by atoms with Crippen LogP contribution in [0.1, 0.15) is 44.9 Å². The van der Waals surface area contributed by atoms with E-state index in [2.05, 4.69) is 5.32 Å². The zero-order chi connectivity index (χ0) is 17.7. The van der Waals surface area contributed by atoms with Crippen molar-refractivity contribution in [2.75, 3.05) is 19.7 Å². The normalized spacial score (nSPS) is 17.2. The largest absolute Gasteiger partial charge is 0.465 e. The molecule has 1 N–H and O–H groups in total. The maximum Gasteiger partial charge on any atom is 0.410 e. The van der Waals surface area contributed by atoms with E-state index in [1.54, 1.807) is 11.8 Å². The molecule has 0 radical (unpaired) electrons. The van der Waals surface area contributed by atoms with E-state index in [9.17, 15) is 9.59 Å². The fourth-order valence-electron chi connectivity index (χ4n) is 2.67. The zero-order valence-corrected chi connectivity index (χ0v) is 14.8. The van der Waals surface area contributed by atoms with Gasteiger partial charge in [0.15, 0.2) is 0 Å². The van der Waals surface area contributed by atoms with Gasteiger partial charge in [0.05, 0.1) is 19.2 Å². The highest BCUT2D eigenvalue weighted by atomic mass is 16.6. The first-order valence-corrected chi connectivity index (χ1v) is 8.25. The number of nitrogens with one attached hydrogen (secondary N) is 1. The van der Waals surface area contributed by atoms with Gasteiger partial charge in [0.1, 0.15) is 5.60 Å². The Bertz CT molecular complexity index is 595. The molecule has 6 heteroatoms. The van der Waals surface area contributed by atoms with Gasteiger partial charge in [-0.2, -0.15) is 0 Å². The summed E-state index contributed by atoms with van der Waals surface area (Å²) >= 11 is 0. The molecule has 0 aromatic heterocycles. The standard InChI is InChI=1S/C18H26N2O4/c1-5-23-16(21)10-19-15-12-20(17(22)24-18(2,3)4)11-13-8-6-7-9-14(13)15/h6-9,15,19H,5,10-12H2,1-4H3. The molecule has 1 unspecified atom stereocenters. The third-order valence-corrected chi connectivity index (χ3v) is 3.64. The third-order valence-electron chi connectivity index (χ3n) is 3.64. The van der Waals surface area contributed by atoms with Crippen molar-refractivity contribution in [3.05, 3.63) is 35.4 Å². The second-order valence-electron chi connectivity index (χ2n) is 6.80. The summed E-state index contributed by atoms with van der Waals surface area (Å²) in [6.45, 7) is 8.73. The van der Waals surface area contributed by atoms with Crippen LogP contribution in [0.3, 0.4) is 0 Å². The second-order valence-corrected chi connectivity index (χ2v) is 6.80. The van der Waals surface area contributed by atoms with Crippen molar-refractivity contribution in [1.82, 2.24) is 10.2 Å². The number of esters is 1. The van der Waals surface area contributed by atoms with Crippen molar-refractivity contribution in [2.45, 2.75) is 45.9 Å². The summed E-state index contributed by atoms with van der Waals surface area (Å²) in [4.78, 5) is 25.7. The van der Waals surface area contributed by atoms with E-state index in [0.29, 0.717) is 19.7 Å². The summed E-state index contributed by atoms with van der Waals surface area (Å²) in [5.41, 5.74) is 1.61. The minimum atomic E-state index is -0.540. The Kier molecular flexibility index (Phi) is 5.83. The van der Waals surface area contributed by atoms with Crippen LogP contribution in [0.2, 0.25) is 0 Å². The van der Waals surface area contributed by atoms with Crippen LogP contribution < -0.4 is 5.32 Å². The Balaban J connectivity index is 2.11. The lowest BCUT2D eigenvalue weighted by molar-refractivity contribution is -0.142. The number of carbonyl (C=O) groups is 2. The topological polar surface area (TPSA) is 67.9 Å². The van der Waals surface area contributed by atoms with Gasteiger partial charge in [-0.25, -0.2) is 4.79 Å². The molecule has 1 atom stereocenters. The summed E-state index contributed by atoms with van der Waals surface area (Å²) in [5, 5.41) is 3.19. The number of nitrogens with zero attached hydrogens (tertiary/aromatic N) is 1. The van der Waals surface area contributed by atoms with Gasteiger partial charge in [-0.15, -0.1) is 0 Å². The minimum absolute atomic E-state index is 0.106. The number of hydrogen-bond acceptors (Lipinski definition) is 5. The van der Waals surface area contributed by atoms with Crippen molar-refractivity contribution in [3.63, 3.8) is 0 Å². The van der Waals surface area contributed by atoms with E-state index in [1.165, 1.54) is 0 Å². The monoisotopic (exact) mass is 334 g/mol. The Morgan fingerprint density at radius 1 is 1.29 bits per heavy atom. The Hall–Kier alpha value is -2.08. The smallest absolute Gasteiger partial charge is 0.410 e. The molecule has 2 rings (SSSR count). The molecule has 0 spiro atoms. The van der Waals surface area contributed by atoms with Gasteiger partial charge in [0, 0.05) is 13.1 Å². The summed E-state index contributed by atoms with van der Waals surface area (Å²) in [6.07, 6.45) is -0.347. The molecule has 24 heavy (non-hydrogen) atoms. The average molecular weight is 334 g/mol. The van der Waals surface area contributed by atoms with E-state index >= 15 is 0 Å². The van der Waals surface area contributed by atoms with E-state index in [0.717, 1.165) is 11.1 Å². The molecule has 0 fully saturated rings. The van der Waals surface area contributed by atoms with E-state index in [4.69, 9.17) is 9.47 Å². The van der Waals surface area contributed by atoms with E-state index < -0.39 is 5.60 Å². The molecule has 1 aromatic carbocycles. The molecular weight excluding hydrogens is 308 g/mol. The molecule has 1 aliphatic heterocycles. The highest BCUT2D eigenvalue weighted by Gasteiger charge is 2.30. The van der Waals surface area contributed by atoms with Crippen molar-refractivity contribution < 1.29 is 19.1 Å². The molecule has 132 valence electrons. The molecule has 0 saturated heterocycles. The van der Waals surface area contributed by atoms with Crippen LogP contribution in [0.15, 0.2) is 24.3 Å². The first-order valence-electron chi connectivity index (χ1n) is 8.25. The van der Waals surface area contributed by atoms with Gasteiger partial charge < -0.3 is 14.4 Å². The molecule has 1 amide bonds.